The molecule has 106 valence electrons. The molecule has 0 spiro atoms. The molecule has 2 unspecified atom stereocenters. The number of rotatable bonds is 3. The summed E-state index contributed by atoms with van der Waals surface area (Å²) in [6.07, 6.45) is -0.138. The van der Waals surface area contributed by atoms with Crippen molar-refractivity contribution in [1.29, 1.82) is 0 Å². The number of esters is 1. The Kier molecular flexibility index (Phi) is 5.50. The fourth-order valence-electron chi connectivity index (χ4n) is 1.88. The van der Waals surface area contributed by atoms with E-state index in [0.29, 0.717) is 13.0 Å². The largest absolute Gasteiger partial charge is 0.483 e. The fourth-order valence-corrected chi connectivity index (χ4v) is 1.88. The zero-order valence-electron chi connectivity index (χ0n) is 10.2. The molecule has 7 heteroatoms. The van der Waals surface area contributed by atoms with E-state index < -0.39 is 35.5 Å². The lowest BCUT2D eigenvalue weighted by Gasteiger charge is -2.13. The number of benzene rings is 1. The van der Waals surface area contributed by atoms with Crippen molar-refractivity contribution in [2.24, 2.45) is 0 Å². The van der Waals surface area contributed by atoms with Crippen LogP contribution in [0.5, 0.6) is 5.75 Å². The molecule has 1 aromatic carbocycles. The summed E-state index contributed by atoms with van der Waals surface area (Å²) in [5, 5.41) is 2.87. The van der Waals surface area contributed by atoms with Gasteiger partial charge >= 0.3 is 5.97 Å². The van der Waals surface area contributed by atoms with Gasteiger partial charge in [0.15, 0.2) is 17.4 Å². The molecule has 19 heavy (non-hydrogen) atoms. The number of carbonyl (C=O) groups excluding carboxylic acids is 1. The molecule has 1 fully saturated rings. The highest BCUT2D eigenvalue weighted by molar-refractivity contribution is 5.85. The summed E-state index contributed by atoms with van der Waals surface area (Å²) in [4.78, 5) is 11.3. The van der Waals surface area contributed by atoms with E-state index in [9.17, 15) is 13.6 Å². The van der Waals surface area contributed by atoms with Gasteiger partial charge in [0.1, 0.15) is 12.1 Å². The lowest BCUT2D eigenvalue weighted by molar-refractivity contribution is -0.142. The fraction of sp³-hybridized carbons (Fsp3) is 0.417. The van der Waals surface area contributed by atoms with Crippen LogP contribution in [0.4, 0.5) is 8.78 Å². The van der Waals surface area contributed by atoms with Gasteiger partial charge in [-0.1, -0.05) is 6.07 Å². The molecule has 0 aromatic heterocycles. The maximum atomic E-state index is 13.3. The van der Waals surface area contributed by atoms with Gasteiger partial charge in [-0.05, 0) is 12.1 Å². The highest BCUT2D eigenvalue weighted by atomic mass is 35.5. The Morgan fingerprint density at radius 1 is 1.37 bits per heavy atom. The Hall–Kier alpha value is -1.40. The number of ether oxygens (including phenoxy) is 2. The van der Waals surface area contributed by atoms with Crippen molar-refractivity contribution in [2.45, 2.75) is 18.6 Å². The van der Waals surface area contributed by atoms with Crippen LogP contribution in [0.2, 0.25) is 0 Å². The number of para-hydroxylation sites is 1. The van der Waals surface area contributed by atoms with E-state index in [4.69, 9.17) is 4.74 Å². The van der Waals surface area contributed by atoms with E-state index in [-0.39, 0.29) is 12.4 Å². The van der Waals surface area contributed by atoms with E-state index in [0.717, 1.165) is 12.1 Å². The second kappa shape index (κ2) is 6.68. The Bertz CT molecular complexity index is 438. The topological polar surface area (TPSA) is 47.6 Å². The Morgan fingerprint density at radius 2 is 2.00 bits per heavy atom. The first-order valence-electron chi connectivity index (χ1n) is 5.53. The summed E-state index contributed by atoms with van der Waals surface area (Å²) >= 11 is 0. The Balaban J connectivity index is 0.00000180. The maximum Gasteiger partial charge on any atom is 0.323 e. The number of halogens is 3. The van der Waals surface area contributed by atoms with Crippen molar-refractivity contribution in [3.05, 3.63) is 29.8 Å². The summed E-state index contributed by atoms with van der Waals surface area (Å²) in [7, 11) is 1.29. The maximum absolute atomic E-state index is 13.3. The van der Waals surface area contributed by atoms with Crippen molar-refractivity contribution in [3.63, 3.8) is 0 Å². The molecule has 1 aromatic rings. The lowest BCUT2D eigenvalue weighted by Crippen LogP contribution is -2.31. The molecule has 0 radical (unpaired) electrons. The standard InChI is InChI=1S/C12H13F2NO3.ClH/c1-17-12(16)10-5-7(6-15-10)18-11-8(13)3-2-4-9(11)14;/h2-4,7,10,15H,5-6H2,1H3;1H. The predicted molar refractivity (Wildman–Crippen MR) is 66.4 cm³/mol. The van der Waals surface area contributed by atoms with Crippen LogP contribution < -0.4 is 10.1 Å². The van der Waals surface area contributed by atoms with E-state index in [2.05, 4.69) is 10.1 Å². The molecule has 0 bridgehead atoms. The predicted octanol–water partition coefficient (Wildman–Crippen LogP) is 1.67. The molecule has 0 amide bonds. The molecule has 2 atom stereocenters. The van der Waals surface area contributed by atoms with Crippen molar-refractivity contribution in [2.75, 3.05) is 13.7 Å². The molecular weight excluding hydrogens is 280 g/mol. The van der Waals surface area contributed by atoms with E-state index >= 15 is 0 Å². The van der Waals surface area contributed by atoms with E-state index in [1.54, 1.807) is 0 Å². The van der Waals surface area contributed by atoms with Gasteiger partial charge in [0, 0.05) is 13.0 Å². The molecule has 1 heterocycles. The highest BCUT2D eigenvalue weighted by Crippen LogP contribution is 2.24. The van der Waals surface area contributed by atoms with Crippen LogP contribution in [-0.2, 0) is 9.53 Å². The molecule has 4 nitrogen and oxygen atoms in total. The monoisotopic (exact) mass is 293 g/mol. The lowest BCUT2D eigenvalue weighted by atomic mass is 10.2. The number of hydrogen-bond donors (Lipinski definition) is 1. The van der Waals surface area contributed by atoms with E-state index in [1.165, 1.54) is 13.2 Å². The summed E-state index contributed by atoms with van der Waals surface area (Å²) in [6.45, 7) is 0.341. The molecule has 1 aliphatic heterocycles. The summed E-state index contributed by atoms with van der Waals surface area (Å²) < 4.78 is 36.5. The molecule has 0 aliphatic carbocycles. The Labute approximate surface area is 115 Å². The van der Waals surface area contributed by atoms with Crippen LogP contribution in [0.3, 0.4) is 0 Å². The third-order valence-corrected chi connectivity index (χ3v) is 2.78. The van der Waals surface area contributed by atoms with Crippen LogP contribution in [0.15, 0.2) is 18.2 Å². The van der Waals surface area contributed by atoms with Crippen LogP contribution in [-0.4, -0.2) is 31.8 Å². The number of hydrogen-bond acceptors (Lipinski definition) is 4. The SMILES string of the molecule is COC(=O)C1CC(Oc2c(F)cccc2F)CN1.Cl. The van der Waals surface area contributed by atoms with Gasteiger partial charge in [0.2, 0.25) is 0 Å². The number of carbonyl (C=O) groups is 1. The van der Waals surface area contributed by atoms with Crippen LogP contribution in [0.25, 0.3) is 0 Å². The van der Waals surface area contributed by atoms with Gasteiger partial charge < -0.3 is 14.8 Å². The zero-order chi connectivity index (χ0) is 13.1. The summed E-state index contributed by atoms with van der Waals surface area (Å²) in [6, 6.07) is 3.02. The second-order valence-corrected chi connectivity index (χ2v) is 4.01. The van der Waals surface area contributed by atoms with Gasteiger partial charge in [-0.25, -0.2) is 8.78 Å². The van der Waals surface area contributed by atoms with Crippen molar-refractivity contribution in [1.82, 2.24) is 5.32 Å². The second-order valence-electron chi connectivity index (χ2n) is 4.01. The van der Waals surface area contributed by atoms with Crippen molar-refractivity contribution in [3.8, 4) is 5.75 Å². The van der Waals surface area contributed by atoms with Gasteiger partial charge in [-0.15, -0.1) is 12.4 Å². The Morgan fingerprint density at radius 3 is 2.58 bits per heavy atom. The smallest absolute Gasteiger partial charge is 0.323 e. The third-order valence-electron chi connectivity index (χ3n) is 2.78. The first-order chi connectivity index (χ1) is 8.61. The molecule has 1 N–H and O–H groups in total. The molecule has 2 rings (SSSR count). The van der Waals surface area contributed by atoms with Crippen LogP contribution in [0, 0.1) is 11.6 Å². The highest BCUT2D eigenvalue weighted by Gasteiger charge is 2.32. The van der Waals surface area contributed by atoms with Gasteiger partial charge in [-0.3, -0.25) is 4.79 Å². The van der Waals surface area contributed by atoms with Gasteiger partial charge in [0.25, 0.3) is 0 Å². The summed E-state index contributed by atoms with van der Waals surface area (Å²) in [5.74, 6) is -2.32. The molecule has 1 aliphatic rings. The normalized spacial score (nSPS) is 21.6. The number of nitrogens with one attached hydrogen (secondary N) is 1. The molecule has 1 saturated heterocycles. The molecule has 0 saturated carbocycles. The summed E-state index contributed by atoms with van der Waals surface area (Å²) in [5.41, 5.74) is 0. The third kappa shape index (κ3) is 3.54. The van der Waals surface area contributed by atoms with Crippen molar-refractivity contribution < 1.29 is 23.0 Å². The van der Waals surface area contributed by atoms with Crippen molar-refractivity contribution >= 4 is 18.4 Å². The van der Waals surface area contributed by atoms with Gasteiger partial charge in [0.05, 0.1) is 7.11 Å². The minimum atomic E-state index is -0.753. The minimum Gasteiger partial charge on any atom is -0.483 e. The average Bonchev–Trinajstić information content (AvgIpc) is 2.81. The first kappa shape index (κ1) is 15.7. The van der Waals surface area contributed by atoms with Gasteiger partial charge in [-0.2, -0.15) is 0 Å². The number of methoxy groups -OCH3 is 1. The van der Waals surface area contributed by atoms with E-state index in [1.807, 2.05) is 0 Å². The minimum absolute atomic E-state index is 0. The average molecular weight is 294 g/mol. The van der Waals surface area contributed by atoms with Crippen LogP contribution in [0.1, 0.15) is 6.42 Å². The molecular formula is C12H14ClF2NO3. The zero-order valence-corrected chi connectivity index (χ0v) is 11.0. The quantitative estimate of drug-likeness (QED) is 0.861. The first-order valence-corrected chi connectivity index (χ1v) is 5.53. The van der Waals surface area contributed by atoms with Crippen LogP contribution >= 0.6 is 12.4 Å².